The quantitative estimate of drug-likeness (QED) is 0.358. The van der Waals surface area contributed by atoms with Crippen LogP contribution < -0.4 is 15.8 Å². The number of benzene rings is 2. The first kappa shape index (κ1) is 24.2. The number of aryl methyl sites for hydroxylation is 1. The lowest BCUT2D eigenvalue weighted by molar-refractivity contribution is -0.136. The highest BCUT2D eigenvalue weighted by Crippen LogP contribution is 2.28. The number of fused-ring (bicyclic) bond motifs is 1. The molecule has 1 fully saturated rings. The Balaban J connectivity index is 1.34. The molecule has 0 saturated carbocycles. The van der Waals surface area contributed by atoms with Gasteiger partial charge in [0.05, 0.1) is 16.0 Å². The van der Waals surface area contributed by atoms with Crippen molar-refractivity contribution in [3.63, 3.8) is 0 Å². The zero-order valence-corrected chi connectivity index (χ0v) is 19.3. The van der Waals surface area contributed by atoms with Gasteiger partial charge < -0.3 is 5.32 Å². The van der Waals surface area contributed by atoms with Crippen LogP contribution in [0.2, 0.25) is 0 Å². The molecular formula is C23H22N4O7S. The lowest BCUT2D eigenvalue weighted by Gasteiger charge is -2.27. The minimum atomic E-state index is -3.84. The van der Waals surface area contributed by atoms with E-state index in [-0.39, 0.29) is 40.3 Å². The highest BCUT2D eigenvalue weighted by Gasteiger charge is 2.44. The van der Waals surface area contributed by atoms with E-state index < -0.39 is 39.7 Å². The SMILES string of the molecule is NS(=O)(=O)c1ccc(C(=O)NCCCc2ccc3c(c2)C(=O)N(C2CCC(=O)NC2=O)C3=O)cc1. The van der Waals surface area contributed by atoms with Crippen LogP contribution in [0.25, 0.3) is 0 Å². The standard InChI is InChI=1S/C23H22N4O7S/c24-35(33,34)15-6-4-14(5-7-15)20(29)25-11-1-2-13-3-8-16-17(12-13)23(32)27(22(16)31)18-9-10-19(28)26-21(18)30/h3-8,12,18H,1-2,9-11H2,(H,25,29)(H2,24,33,34)(H,26,28,30). The molecule has 2 aliphatic heterocycles. The molecule has 35 heavy (non-hydrogen) atoms. The Hall–Kier alpha value is -3.90. The summed E-state index contributed by atoms with van der Waals surface area (Å²) >= 11 is 0. The van der Waals surface area contributed by atoms with Crippen molar-refractivity contribution in [3.05, 3.63) is 64.7 Å². The predicted molar refractivity (Wildman–Crippen MR) is 122 cm³/mol. The number of hydrogen-bond acceptors (Lipinski definition) is 7. The number of rotatable bonds is 7. The van der Waals surface area contributed by atoms with Crippen molar-refractivity contribution in [1.29, 1.82) is 0 Å². The first-order valence-electron chi connectivity index (χ1n) is 10.8. The van der Waals surface area contributed by atoms with Crippen LogP contribution in [0.3, 0.4) is 0 Å². The number of nitrogens with one attached hydrogen (secondary N) is 2. The van der Waals surface area contributed by atoms with Crippen molar-refractivity contribution in [2.45, 2.75) is 36.6 Å². The molecular weight excluding hydrogens is 476 g/mol. The molecule has 2 aromatic carbocycles. The Morgan fingerprint density at radius 3 is 2.37 bits per heavy atom. The van der Waals surface area contributed by atoms with E-state index in [0.29, 0.717) is 19.4 Å². The van der Waals surface area contributed by atoms with E-state index >= 15 is 0 Å². The molecule has 4 rings (SSSR count). The van der Waals surface area contributed by atoms with Crippen molar-refractivity contribution in [1.82, 2.24) is 15.5 Å². The summed E-state index contributed by atoms with van der Waals surface area (Å²) in [6.45, 7) is 0.322. The lowest BCUT2D eigenvalue weighted by Crippen LogP contribution is -2.54. The maximum atomic E-state index is 12.9. The molecule has 2 heterocycles. The molecule has 1 unspecified atom stereocenters. The third-order valence-corrected chi connectivity index (χ3v) is 6.81. The molecule has 0 aromatic heterocycles. The molecule has 0 spiro atoms. The number of nitrogens with two attached hydrogens (primary N) is 1. The van der Waals surface area contributed by atoms with Gasteiger partial charge in [-0.25, -0.2) is 13.6 Å². The second-order valence-corrected chi connectivity index (χ2v) is 9.82. The molecule has 2 aromatic rings. The largest absolute Gasteiger partial charge is 0.352 e. The highest BCUT2D eigenvalue weighted by molar-refractivity contribution is 7.89. The monoisotopic (exact) mass is 498 g/mol. The summed E-state index contributed by atoms with van der Waals surface area (Å²) in [5, 5.41) is 9.93. The van der Waals surface area contributed by atoms with Crippen LogP contribution >= 0.6 is 0 Å². The van der Waals surface area contributed by atoms with E-state index in [0.717, 1.165) is 10.5 Å². The zero-order chi connectivity index (χ0) is 25.3. The molecule has 12 heteroatoms. The molecule has 0 bridgehead atoms. The third-order valence-electron chi connectivity index (χ3n) is 5.88. The highest BCUT2D eigenvalue weighted by atomic mass is 32.2. The minimum absolute atomic E-state index is 0.0526. The van der Waals surface area contributed by atoms with Crippen LogP contribution in [0.1, 0.15) is 55.9 Å². The van der Waals surface area contributed by atoms with Gasteiger partial charge in [0.25, 0.3) is 17.7 Å². The first-order chi connectivity index (χ1) is 16.6. The van der Waals surface area contributed by atoms with Crippen molar-refractivity contribution in [2.24, 2.45) is 5.14 Å². The average Bonchev–Trinajstić information content (AvgIpc) is 3.06. The van der Waals surface area contributed by atoms with Crippen LogP contribution in [0.15, 0.2) is 47.4 Å². The molecule has 2 aliphatic rings. The number of carbonyl (C=O) groups excluding carboxylic acids is 5. The summed E-state index contributed by atoms with van der Waals surface area (Å²) < 4.78 is 22.6. The Bertz CT molecular complexity index is 1350. The predicted octanol–water partition coefficient (Wildman–Crippen LogP) is 0.0978. The number of imide groups is 2. The normalized spacial score (nSPS) is 17.9. The van der Waals surface area contributed by atoms with Gasteiger partial charge in [0, 0.05) is 18.5 Å². The Morgan fingerprint density at radius 1 is 1.03 bits per heavy atom. The van der Waals surface area contributed by atoms with E-state index in [1.165, 1.54) is 24.3 Å². The molecule has 0 aliphatic carbocycles. The number of sulfonamides is 1. The van der Waals surface area contributed by atoms with Crippen molar-refractivity contribution in [2.75, 3.05) is 6.54 Å². The van der Waals surface area contributed by atoms with Crippen LogP contribution in [0.4, 0.5) is 0 Å². The van der Waals surface area contributed by atoms with Gasteiger partial charge >= 0.3 is 0 Å². The van der Waals surface area contributed by atoms with E-state index in [2.05, 4.69) is 10.6 Å². The second kappa shape index (κ2) is 9.39. The van der Waals surface area contributed by atoms with Gasteiger partial charge in [0.2, 0.25) is 21.8 Å². The zero-order valence-electron chi connectivity index (χ0n) is 18.4. The minimum Gasteiger partial charge on any atom is -0.352 e. The summed E-state index contributed by atoms with van der Waals surface area (Å²) in [4.78, 5) is 62.2. The fourth-order valence-corrected chi connectivity index (χ4v) is 4.58. The molecule has 11 nitrogen and oxygen atoms in total. The molecule has 182 valence electrons. The topological polar surface area (TPSA) is 173 Å². The van der Waals surface area contributed by atoms with Crippen molar-refractivity contribution in [3.8, 4) is 0 Å². The maximum absolute atomic E-state index is 12.9. The van der Waals surface area contributed by atoms with Crippen LogP contribution in [0.5, 0.6) is 0 Å². The van der Waals surface area contributed by atoms with Crippen LogP contribution in [-0.4, -0.2) is 55.4 Å². The summed E-state index contributed by atoms with van der Waals surface area (Å²) in [6.07, 6.45) is 1.20. The van der Waals surface area contributed by atoms with E-state index in [4.69, 9.17) is 5.14 Å². The summed E-state index contributed by atoms with van der Waals surface area (Å²) in [5.74, 6) is -2.60. The maximum Gasteiger partial charge on any atom is 0.262 e. The van der Waals surface area contributed by atoms with E-state index in [1.807, 2.05) is 0 Å². The number of hydrogen-bond donors (Lipinski definition) is 3. The summed E-state index contributed by atoms with van der Waals surface area (Å²) in [7, 11) is -3.84. The number of primary sulfonamides is 1. The first-order valence-corrected chi connectivity index (χ1v) is 12.4. The van der Waals surface area contributed by atoms with E-state index in [1.54, 1.807) is 18.2 Å². The second-order valence-electron chi connectivity index (χ2n) is 8.26. The van der Waals surface area contributed by atoms with Gasteiger partial charge in [-0.3, -0.25) is 34.2 Å². The Morgan fingerprint density at radius 2 is 1.71 bits per heavy atom. The number of carbonyl (C=O) groups is 5. The molecule has 1 atom stereocenters. The molecule has 0 radical (unpaired) electrons. The molecule has 5 amide bonds. The van der Waals surface area contributed by atoms with Crippen molar-refractivity contribution < 1.29 is 32.4 Å². The molecule has 4 N–H and O–H groups in total. The number of nitrogens with zero attached hydrogens (tertiary/aromatic N) is 1. The average molecular weight is 499 g/mol. The fourth-order valence-electron chi connectivity index (χ4n) is 4.07. The van der Waals surface area contributed by atoms with Gasteiger partial charge in [0.1, 0.15) is 6.04 Å². The number of amides is 5. The number of piperidine rings is 1. The van der Waals surface area contributed by atoms with Gasteiger partial charge in [-0.05, 0) is 61.2 Å². The molecule has 1 saturated heterocycles. The van der Waals surface area contributed by atoms with E-state index in [9.17, 15) is 32.4 Å². The lowest BCUT2D eigenvalue weighted by atomic mass is 10.0. The van der Waals surface area contributed by atoms with Crippen LogP contribution in [-0.2, 0) is 26.0 Å². The van der Waals surface area contributed by atoms with Crippen molar-refractivity contribution >= 4 is 39.6 Å². The van der Waals surface area contributed by atoms with Gasteiger partial charge in [0.15, 0.2) is 0 Å². The Labute approximate surface area is 200 Å². The third kappa shape index (κ3) is 4.98. The van der Waals surface area contributed by atoms with Gasteiger partial charge in [-0.2, -0.15) is 0 Å². The summed E-state index contributed by atoms with van der Waals surface area (Å²) in [6, 6.07) is 9.09. The van der Waals surface area contributed by atoms with Gasteiger partial charge in [-0.1, -0.05) is 6.07 Å². The van der Waals surface area contributed by atoms with Crippen LogP contribution in [0, 0.1) is 0 Å². The Kier molecular flexibility index (Phi) is 6.50. The fraction of sp³-hybridized carbons (Fsp3) is 0.261. The smallest absolute Gasteiger partial charge is 0.262 e. The van der Waals surface area contributed by atoms with Gasteiger partial charge in [-0.15, -0.1) is 0 Å². The summed E-state index contributed by atoms with van der Waals surface area (Å²) in [5.41, 5.74) is 1.48.